The van der Waals surface area contributed by atoms with Crippen molar-refractivity contribution in [2.45, 2.75) is 51.4 Å². The summed E-state index contributed by atoms with van der Waals surface area (Å²) in [4.78, 5) is 56.9. The molecule has 1 N–H and O–H groups in total. The number of hydrogen-bond acceptors (Lipinski definition) is 5. The summed E-state index contributed by atoms with van der Waals surface area (Å²) < 4.78 is 31.7. The minimum absolute atomic E-state index is 0.00305. The molecular weight excluding hydrogens is 685 g/mol. The third kappa shape index (κ3) is 10.2. The number of alkyl halides is 3. The maximum absolute atomic E-state index is 13.9. The van der Waals surface area contributed by atoms with Crippen LogP contribution in [0.2, 0.25) is 5.02 Å². The van der Waals surface area contributed by atoms with E-state index in [1.54, 1.807) is 39.0 Å². The van der Waals surface area contributed by atoms with Gasteiger partial charge in [-0.05, 0) is 104 Å². The van der Waals surface area contributed by atoms with E-state index in [0.717, 1.165) is 36.2 Å². The molecule has 3 aliphatic rings. The van der Waals surface area contributed by atoms with E-state index >= 15 is 0 Å². The first kappa shape index (κ1) is 37.6. The number of carbonyl (C=O) groups excluding carboxylic acids is 3. The van der Waals surface area contributed by atoms with Gasteiger partial charge < -0.3 is 24.7 Å². The minimum atomic E-state index is -5.08. The summed E-state index contributed by atoms with van der Waals surface area (Å²) in [6.07, 6.45) is 4.81. The second-order valence-corrected chi connectivity index (χ2v) is 13.2. The molecule has 3 heterocycles. The molecule has 0 atom stereocenters. The molecule has 0 saturated carbocycles. The van der Waals surface area contributed by atoms with Crippen molar-refractivity contribution in [1.29, 1.82) is 0 Å². The Hall–Kier alpha value is -4.68. The molecule has 0 aromatic heterocycles. The third-order valence-corrected chi connectivity index (χ3v) is 9.34. The monoisotopic (exact) mass is 724 g/mol. The molecule has 3 amide bonds. The van der Waals surface area contributed by atoms with Crippen LogP contribution in [0.4, 0.5) is 18.9 Å². The Morgan fingerprint density at radius 3 is 1.94 bits per heavy atom. The van der Waals surface area contributed by atoms with Crippen LogP contribution in [0.1, 0.15) is 63.1 Å². The Morgan fingerprint density at radius 2 is 1.33 bits per heavy atom. The molecule has 51 heavy (non-hydrogen) atoms. The number of likely N-dealkylation sites (tertiary alicyclic amines) is 1. The number of carboxylic acid groups (broad SMARTS) is 1. The highest BCUT2D eigenvalue weighted by Gasteiger charge is 2.38. The van der Waals surface area contributed by atoms with Crippen molar-refractivity contribution in [1.82, 2.24) is 14.7 Å². The number of aryl methyl sites for hydroxylation is 1. The van der Waals surface area contributed by atoms with Crippen molar-refractivity contribution >= 4 is 41.0 Å². The maximum atomic E-state index is 13.9. The van der Waals surface area contributed by atoms with Crippen LogP contribution in [-0.4, -0.2) is 88.9 Å². The molecule has 0 unspecified atom stereocenters. The van der Waals surface area contributed by atoms with Crippen LogP contribution in [0.15, 0.2) is 78.9 Å². The summed E-state index contributed by atoms with van der Waals surface area (Å²) in [5.41, 5.74) is 5.03. The number of rotatable bonds is 8. The van der Waals surface area contributed by atoms with Gasteiger partial charge >= 0.3 is 12.1 Å². The molecule has 13 heteroatoms. The topological polar surface area (TPSA) is 101 Å². The Labute approximate surface area is 299 Å². The number of carboxylic acids is 1. The first-order valence-electron chi connectivity index (χ1n) is 16.9. The van der Waals surface area contributed by atoms with E-state index in [2.05, 4.69) is 23.1 Å². The molecule has 3 aliphatic heterocycles. The lowest BCUT2D eigenvalue weighted by molar-refractivity contribution is -0.192. The molecule has 1 fully saturated rings. The van der Waals surface area contributed by atoms with E-state index in [-0.39, 0.29) is 24.3 Å². The van der Waals surface area contributed by atoms with Gasteiger partial charge in [0.25, 0.3) is 11.8 Å². The molecule has 0 bridgehead atoms. The number of fused-ring (bicyclic) bond motifs is 1. The van der Waals surface area contributed by atoms with Gasteiger partial charge in [0.1, 0.15) is 6.54 Å². The quantitative estimate of drug-likeness (QED) is 0.263. The molecule has 9 nitrogen and oxygen atoms in total. The summed E-state index contributed by atoms with van der Waals surface area (Å²) in [5.74, 6) is -3.09. The van der Waals surface area contributed by atoms with Gasteiger partial charge in [0.15, 0.2) is 0 Å². The number of benzene rings is 3. The van der Waals surface area contributed by atoms with Crippen LogP contribution in [0.25, 0.3) is 0 Å². The number of anilines is 1. The van der Waals surface area contributed by atoms with Crippen LogP contribution >= 0.6 is 11.6 Å². The van der Waals surface area contributed by atoms with Gasteiger partial charge in [-0.25, -0.2) is 4.79 Å². The number of hydrogen-bond donors (Lipinski definition) is 1. The largest absolute Gasteiger partial charge is 0.490 e. The molecule has 3 aromatic carbocycles. The van der Waals surface area contributed by atoms with E-state index in [1.165, 1.54) is 37.9 Å². The van der Waals surface area contributed by atoms with Crippen molar-refractivity contribution in [2.24, 2.45) is 0 Å². The fraction of sp³-hybridized carbons (Fsp3) is 0.368. The number of nitrogens with zero attached hydrogens (tertiary/aromatic N) is 4. The summed E-state index contributed by atoms with van der Waals surface area (Å²) in [6.45, 7) is 5.37. The van der Waals surface area contributed by atoms with Crippen molar-refractivity contribution in [2.75, 3.05) is 44.2 Å². The lowest BCUT2D eigenvalue weighted by Crippen LogP contribution is -2.39. The van der Waals surface area contributed by atoms with Crippen LogP contribution in [0.5, 0.6) is 0 Å². The number of aliphatic carboxylic acids is 1. The predicted octanol–water partition coefficient (Wildman–Crippen LogP) is 6.59. The maximum Gasteiger partial charge on any atom is 0.490 e. The van der Waals surface area contributed by atoms with Crippen LogP contribution in [0, 0.1) is 0 Å². The molecule has 6 rings (SSSR count). The fourth-order valence-corrected chi connectivity index (χ4v) is 6.46. The van der Waals surface area contributed by atoms with E-state index in [0.29, 0.717) is 42.3 Å². The number of carbonyl (C=O) groups is 4. The Balaban J connectivity index is 0.000000654. The number of piperidine rings is 1. The van der Waals surface area contributed by atoms with E-state index < -0.39 is 12.1 Å². The van der Waals surface area contributed by atoms with Crippen molar-refractivity contribution in [3.8, 4) is 0 Å². The van der Waals surface area contributed by atoms with Crippen molar-refractivity contribution in [3.05, 3.63) is 112 Å². The average Bonchev–Trinajstić information content (AvgIpc) is 3.62. The van der Waals surface area contributed by atoms with Gasteiger partial charge in [-0.2, -0.15) is 13.2 Å². The molecule has 1 saturated heterocycles. The van der Waals surface area contributed by atoms with E-state index in [9.17, 15) is 27.6 Å². The first-order valence-corrected chi connectivity index (χ1v) is 17.3. The third-order valence-electron chi connectivity index (χ3n) is 9.09. The lowest BCUT2D eigenvalue weighted by atomic mass is 10.0. The van der Waals surface area contributed by atoms with Crippen molar-refractivity contribution in [3.63, 3.8) is 0 Å². The zero-order valence-electron chi connectivity index (χ0n) is 28.1. The second-order valence-electron chi connectivity index (χ2n) is 12.8. The van der Waals surface area contributed by atoms with E-state index in [1.807, 2.05) is 36.4 Å². The van der Waals surface area contributed by atoms with Crippen LogP contribution in [-0.2, 0) is 29.1 Å². The smallest absolute Gasteiger partial charge is 0.475 e. The molecule has 0 spiro atoms. The highest BCUT2D eigenvalue weighted by molar-refractivity contribution is 6.30. The van der Waals surface area contributed by atoms with Gasteiger partial charge in [-0.3, -0.25) is 14.4 Å². The van der Waals surface area contributed by atoms with Crippen LogP contribution < -0.4 is 4.90 Å². The normalized spacial score (nSPS) is 16.3. The zero-order valence-corrected chi connectivity index (χ0v) is 28.8. The standard InChI is InChI=1S/C36H39ClN4O3.C2HF3O2/c37-32-16-14-30(15-17-32)36(44)40-25-31-13-8-27(7-6-20-38-18-2-1-3-19-38)23-33(31)41(34(42)26-40)24-28-9-11-29(12-10-28)35(43)39-21-4-5-22-39;3-2(4,5)1(6)7/h4-5,8-17,23H,1-3,6-7,18-22,24-26H2;(H,6,7). The van der Waals surface area contributed by atoms with Gasteiger partial charge in [0, 0.05) is 41.5 Å². The zero-order chi connectivity index (χ0) is 36.5. The highest BCUT2D eigenvalue weighted by Crippen LogP contribution is 2.30. The van der Waals surface area contributed by atoms with Crippen LogP contribution in [0.3, 0.4) is 0 Å². The van der Waals surface area contributed by atoms with Gasteiger partial charge in [0.2, 0.25) is 5.91 Å². The Kier molecular flexibility index (Phi) is 12.5. The summed E-state index contributed by atoms with van der Waals surface area (Å²) in [7, 11) is 0. The number of amides is 3. The van der Waals surface area contributed by atoms with Gasteiger partial charge in [-0.15, -0.1) is 0 Å². The lowest BCUT2D eigenvalue weighted by Gasteiger charge is -2.26. The fourth-order valence-electron chi connectivity index (χ4n) is 6.34. The molecule has 3 aromatic rings. The van der Waals surface area contributed by atoms with Gasteiger partial charge in [0.05, 0.1) is 6.54 Å². The van der Waals surface area contributed by atoms with Gasteiger partial charge in [-0.1, -0.05) is 54.4 Å². The SMILES string of the molecule is O=C(O)C(F)(F)F.O=C(c1ccc(CN2C(=O)CN(C(=O)c3ccc(Cl)cc3)Cc3ccc(CCCN4CCCCC4)cc32)cc1)N1CC=CC1. The molecule has 270 valence electrons. The Bertz CT molecular complexity index is 1730. The summed E-state index contributed by atoms with van der Waals surface area (Å²) >= 11 is 6.06. The average molecular weight is 725 g/mol. The Morgan fingerprint density at radius 1 is 0.765 bits per heavy atom. The van der Waals surface area contributed by atoms with Crippen molar-refractivity contribution < 1.29 is 37.5 Å². The summed E-state index contributed by atoms with van der Waals surface area (Å²) in [5, 5.41) is 7.68. The summed E-state index contributed by atoms with van der Waals surface area (Å²) in [6, 6.07) is 20.7. The highest BCUT2D eigenvalue weighted by atomic mass is 35.5. The first-order chi connectivity index (χ1) is 24.4. The minimum Gasteiger partial charge on any atom is -0.475 e. The van der Waals surface area contributed by atoms with E-state index in [4.69, 9.17) is 21.5 Å². The molecule has 0 aliphatic carbocycles. The second kappa shape index (κ2) is 17.0. The number of halogens is 4. The predicted molar refractivity (Wildman–Crippen MR) is 188 cm³/mol. The molecular formula is C38H40ClF3N4O5. The molecule has 0 radical (unpaired) electrons.